The van der Waals surface area contributed by atoms with Gasteiger partial charge >= 0.3 is 0 Å². The van der Waals surface area contributed by atoms with Gasteiger partial charge in [-0.3, -0.25) is 4.98 Å². The molecule has 0 aliphatic rings. The van der Waals surface area contributed by atoms with Crippen molar-refractivity contribution in [3.63, 3.8) is 0 Å². The monoisotopic (exact) mass is 773 g/mol. The maximum absolute atomic E-state index is 10.6. The van der Waals surface area contributed by atoms with Crippen molar-refractivity contribution in [2.45, 2.75) is 0 Å². The smallest absolute Gasteiger partial charge is 0.143 e. The van der Waals surface area contributed by atoms with Crippen molar-refractivity contribution in [2.75, 3.05) is 0 Å². The van der Waals surface area contributed by atoms with E-state index in [2.05, 4.69) is 59.2 Å². The standard InChI is InChI=1S/C40H24N3O2.Pt/c44-37-16-5-2-9-27(37)25-19-20-30-29-10-1-4-15-35(29)43(36(30)24-25)39-18-8-14-33(42-39)34-23-26(21-22-41-34)28-12-7-13-32-31-11-3-6-17-38(31)45-40(28)32;/h1-23,44H;/q-1;. The number of nitrogens with zero attached hydrogens (tertiary/aromatic N) is 3. The number of pyridine rings is 2. The number of phenolic OH excluding ortho intramolecular Hbond substituents is 1. The van der Waals surface area contributed by atoms with Crippen molar-refractivity contribution in [1.29, 1.82) is 0 Å². The van der Waals surface area contributed by atoms with Crippen LogP contribution in [0.25, 0.3) is 83.2 Å². The predicted molar refractivity (Wildman–Crippen MR) is 180 cm³/mol. The van der Waals surface area contributed by atoms with Gasteiger partial charge < -0.3 is 14.1 Å². The number of aromatic nitrogens is 3. The summed E-state index contributed by atoms with van der Waals surface area (Å²) >= 11 is 0. The van der Waals surface area contributed by atoms with Crippen LogP contribution in [0.2, 0.25) is 0 Å². The number of para-hydroxylation sites is 4. The number of benzene rings is 5. The molecule has 6 heteroatoms. The van der Waals surface area contributed by atoms with Crippen LogP contribution in [0.1, 0.15) is 0 Å². The molecule has 0 radical (unpaired) electrons. The van der Waals surface area contributed by atoms with Gasteiger partial charge in [0.05, 0.1) is 17.1 Å². The minimum atomic E-state index is 0. The molecule has 0 aliphatic heterocycles. The number of rotatable bonds is 4. The quantitative estimate of drug-likeness (QED) is 0.181. The first-order valence-electron chi connectivity index (χ1n) is 14.8. The third-order valence-electron chi connectivity index (χ3n) is 8.48. The molecule has 0 aliphatic carbocycles. The number of hydrogen-bond donors (Lipinski definition) is 1. The van der Waals surface area contributed by atoms with E-state index < -0.39 is 0 Å². The van der Waals surface area contributed by atoms with Crippen molar-refractivity contribution in [3.8, 4) is 45.2 Å². The van der Waals surface area contributed by atoms with Crippen LogP contribution in [0.15, 0.2) is 144 Å². The van der Waals surface area contributed by atoms with Crippen molar-refractivity contribution in [1.82, 2.24) is 14.5 Å². The Balaban J connectivity index is 0.00000312. The van der Waals surface area contributed by atoms with Gasteiger partial charge in [-0.1, -0.05) is 89.8 Å². The molecule has 0 atom stereocenters. The summed E-state index contributed by atoms with van der Waals surface area (Å²) in [6, 6.07) is 47.8. The fourth-order valence-corrected chi connectivity index (χ4v) is 6.39. The zero-order valence-corrected chi connectivity index (χ0v) is 26.6. The van der Waals surface area contributed by atoms with E-state index in [1.54, 1.807) is 6.07 Å². The summed E-state index contributed by atoms with van der Waals surface area (Å²) in [4.78, 5) is 9.88. The fourth-order valence-electron chi connectivity index (χ4n) is 6.39. The number of hydrogen-bond acceptors (Lipinski definition) is 4. The van der Waals surface area contributed by atoms with Gasteiger partial charge in [0.1, 0.15) is 17.0 Å². The number of furan rings is 1. The van der Waals surface area contributed by atoms with E-state index in [1.807, 2.05) is 85.1 Å². The van der Waals surface area contributed by atoms with E-state index in [0.717, 1.165) is 83.2 Å². The molecular formula is C40H24N3O2Pt-. The molecule has 0 saturated carbocycles. The van der Waals surface area contributed by atoms with Crippen molar-refractivity contribution in [2.24, 2.45) is 0 Å². The summed E-state index contributed by atoms with van der Waals surface area (Å²) < 4.78 is 8.46. The molecule has 46 heavy (non-hydrogen) atoms. The van der Waals surface area contributed by atoms with E-state index in [1.165, 1.54) is 0 Å². The van der Waals surface area contributed by atoms with Gasteiger partial charge in [0.25, 0.3) is 0 Å². The van der Waals surface area contributed by atoms with Crippen LogP contribution in [0.4, 0.5) is 0 Å². The predicted octanol–water partition coefficient (Wildman–Crippen LogP) is 9.98. The van der Waals surface area contributed by atoms with Crippen LogP contribution in [-0.4, -0.2) is 19.6 Å². The molecule has 0 saturated heterocycles. The Labute approximate surface area is 278 Å². The maximum Gasteiger partial charge on any atom is 0.143 e. The third-order valence-corrected chi connectivity index (χ3v) is 8.48. The molecule has 5 nitrogen and oxygen atoms in total. The average Bonchev–Trinajstić information content (AvgIpc) is 3.64. The van der Waals surface area contributed by atoms with Gasteiger partial charge in [0.2, 0.25) is 0 Å². The zero-order valence-electron chi connectivity index (χ0n) is 24.3. The Bertz CT molecular complexity index is 2580. The third kappa shape index (κ3) is 4.43. The Morgan fingerprint density at radius 3 is 2.30 bits per heavy atom. The molecule has 0 spiro atoms. The number of fused-ring (bicyclic) bond motifs is 6. The molecule has 0 fully saturated rings. The zero-order chi connectivity index (χ0) is 29.9. The fraction of sp³-hybridized carbons (Fsp3) is 0. The summed E-state index contributed by atoms with van der Waals surface area (Å²) in [7, 11) is 0. The van der Waals surface area contributed by atoms with Gasteiger partial charge in [0, 0.05) is 49.1 Å². The first kappa shape index (κ1) is 28.0. The van der Waals surface area contributed by atoms with Gasteiger partial charge in [0.15, 0.2) is 0 Å². The Hall–Kier alpha value is -5.51. The molecule has 5 aromatic carbocycles. The minimum absolute atomic E-state index is 0. The maximum atomic E-state index is 10.6. The molecule has 9 rings (SSSR count). The molecule has 9 aromatic rings. The molecule has 0 bridgehead atoms. The SMILES string of the molecule is Oc1ccccc1-c1[c-]c2c(cc1)c1ccccc1n2-c1cccc(-c2cc(-c3cccc4c3oc3ccccc34)ccn2)n1.[Pt]. The van der Waals surface area contributed by atoms with Crippen LogP contribution in [0.3, 0.4) is 0 Å². The number of aromatic hydroxyl groups is 1. The molecule has 1 N–H and O–H groups in total. The van der Waals surface area contributed by atoms with Crippen LogP contribution in [-0.2, 0) is 21.1 Å². The summed E-state index contributed by atoms with van der Waals surface area (Å²) in [5.41, 5.74) is 8.74. The Kier molecular flexibility index (Phi) is 6.78. The van der Waals surface area contributed by atoms with E-state index >= 15 is 0 Å². The normalized spacial score (nSPS) is 11.4. The second-order valence-corrected chi connectivity index (χ2v) is 11.1. The van der Waals surface area contributed by atoms with Crippen LogP contribution in [0, 0.1) is 6.07 Å². The van der Waals surface area contributed by atoms with Gasteiger partial charge in [-0.15, -0.1) is 23.8 Å². The molecule has 4 aromatic heterocycles. The minimum Gasteiger partial charge on any atom is -0.517 e. The molecule has 0 unspecified atom stereocenters. The van der Waals surface area contributed by atoms with Gasteiger partial charge in [-0.05, 0) is 58.9 Å². The van der Waals surface area contributed by atoms with E-state index in [4.69, 9.17) is 14.4 Å². The van der Waals surface area contributed by atoms with Crippen molar-refractivity contribution < 1.29 is 30.6 Å². The Morgan fingerprint density at radius 1 is 0.630 bits per heavy atom. The van der Waals surface area contributed by atoms with Gasteiger partial charge in [-0.25, -0.2) is 4.98 Å². The summed E-state index contributed by atoms with van der Waals surface area (Å²) in [5.74, 6) is 0.983. The van der Waals surface area contributed by atoms with Crippen LogP contribution in [0.5, 0.6) is 5.75 Å². The second-order valence-electron chi connectivity index (χ2n) is 11.1. The largest absolute Gasteiger partial charge is 0.517 e. The summed E-state index contributed by atoms with van der Waals surface area (Å²) in [5, 5.41) is 14.9. The molecule has 0 amide bonds. The summed E-state index contributed by atoms with van der Waals surface area (Å²) in [6.07, 6.45) is 1.83. The summed E-state index contributed by atoms with van der Waals surface area (Å²) in [6.45, 7) is 0. The Morgan fingerprint density at radius 2 is 1.39 bits per heavy atom. The molecule has 222 valence electrons. The van der Waals surface area contributed by atoms with Crippen LogP contribution >= 0.6 is 0 Å². The second kappa shape index (κ2) is 11.1. The first-order chi connectivity index (χ1) is 22.2. The first-order valence-corrected chi connectivity index (χ1v) is 14.8. The molecule has 4 heterocycles. The van der Waals surface area contributed by atoms with Crippen molar-refractivity contribution in [3.05, 3.63) is 146 Å². The van der Waals surface area contributed by atoms with Crippen LogP contribution < -0.4 is 0 Å². The number of phenols is 1. The average molecular weight is 774 g/mol. The van der Waals surface area contributed by atoms with E-state index in [-0.39, 0.29) is 26.8 Å². The van der Waals surface area contributed by atoms with E-state index in [0.29, 0.717) is 0 Å². The topological polar surface area (TPSA) is 64.1 Å². The molecular weight excluding hydrogens is 750 g/mol. The van der Waals surface area contributed by atoms with Gasteiger partial charge in [-0.2, -0.15) is 0 Å². The van der Waals surface area contributed by atoms with Crippen molar-refractivity contribution >= 4 is 43.7 Å². The van der Waals surface area contributed by atoms with E-state index in [9.17, 15) is 5.11 Å².